The summed E-state index contributed by atoms with van der Waals surface area (Å²) in [6.45, 7) is 0. The van der Waals surface area contributed by atoms with Crippen molar-refractivity contribution in [2.24, 2.45) is 0 Å². The van der Waals surface area contributed by atoms with E-state index in [0.29, 0.717) is 5.69 Å². The average molecular weight is 393 g/mol. The number of rotatable bonds is 2. The van der Waals surface area contributed by atoms with Crippen molar-refractivity contribution in [1.82, 2.24) is 4.98 Å². The Morgan fingerprint density at radius 2 is 1.80 bits per heavy atom. The van der Waals surface area contributed by atoms with Gasteiger partial charge in [-0.1, -0.05) is 37.9 Å². The third kappa shape index (κ3) is 2.64. The fourth-order valence-electron chi connectivity index (χ4n) is 2.03. The molecule has 0 bridgehead atoms. The van der Waals surface area contributed by atoms with Gasteiger partial charge in [-0.2, -0.15) is 0 Å². The second-order valence-corrected chi connectivity index (χ2v) is 6.22. The summed E-state index contributed by atoms with van der Waals surface area (Å²) >= 11 is 6.95. The van der Waals surface area contributed by atoms with Gasteiger partial charge in [-0.3, -0.25) is 4.98 Å². The molecule has 0 aliphatic heterocycles. The number of benzene rings is 2. The van der Waals surface area contributed by atoms with Crippen molar-refractivity contribution >= 4 is 59.8 Å². The van der Waals surface area contributed by atoms with E-state index in [0.717, 1.165) is 31.2 Å². The number of nitrogen functional groups attached to an aromatic ring is 1. The van der Waals surface area contributed by atoms with Crippen LogP contribution in [0.15, 0.2) is 57.6 Å². The van der Waals surface area contributed by atoms with Gasteiger partial charge in [-0.05, 0) is 36.4 Å². The molecule has 1 aromatic heterocycles. The number of anilines is 3. The molecule has 3 aromatic rings. The minimum absolute atomic E-state index is 0.621. The van der Waals surface area contributed by atoms with E-state index in [2.05, 4.69) is 42.2 Å². The Labute approximate surface area is 133 Å². The predicted octanol–water partition coefficient (Wildman–Crippen LogP) is 5.09. The van der Waals surface area contributed by atoms with Crippen LogP contribution in [0.3, 0.4) is 0 Å². The monoisotopic (exact) mass is 391 g/mol. The maximum atomic E-state index is 6.07. The van der Waals surface area contributed by atoms with Crippen LogP contribution in [0.25, 0.3) is 10.9 Å². The smallest absolute Gasteiger partial charge is 0.0746 e. The van der Waals surface area contributed by atoms with E-state index in [1.807, 2.05) is 42.5 Å². The van der Waals surface area contributed by atoms with Gasteiger partial charge in [0.1, 0.15) is 0 Å². The standard InChI is InChI=1S/C15H11Br2N3/c16-9-2-1-3-11(6-9)20-15-12-7-10(17)4-5-14(12)19-8-13(15)18/h1-8H,18H2,(H,19,20). The lowest BCUT2D eigenvalue weighted by Gasteiger charge is -2.12. The molecule has 2 aromatic carbocycles. The molecule has 5 heteroatoms. The van der Waals surface area contributed by atoms with Crippen molar-refractivity contribution in [3.05, 3.63) is 57.6 Å². The normalized spacial score (nSPS) is 10.7. The Morgan fingerprint density at radius 1 is 1.00 bits per heavy atom. The summed E-state index contributed by atoms with van der Waals surface area (Å²) in [4.78, 5) is 4.35. The lowest BCUT2D eigenvalue weighted by Crippen LogP contribution is -1.98. The lowest BCUT2D eigenvalue weighted by atomic mass is 10.1. The van der Waals surface area contributed by atoms with E-state index in [9.17, 15) is 0 Å². The van der Waals surface area contributed by atoms with Gasteiger partial charge in [0.15, 0.2) is 0 Å². The Balaban J connectivity index is 2.14. The number of hydrogen-bond donors (Lipinski definition) is 2. The van der Waals surface area contributed by atoms with Gasteiger partial charge in [-0.15, -0.1) is 0 Å². The number of aromatic nitrogens is 1. The van der Waals surface area contributed by atoms with Gasteiger partial charge in [0.25, 0.3) is 0 Å². The van der Waals surface area contributed by atoms with E-state index in [-0.39, 0.29) is 0 Å². The number of fused-ring (bicyclic) bond motifs is 1. The Morgan fingerprint density at radius 3 is 2.60 bits per heavy atom. The zero-order valence-electron chi connectivity index (χ0n) is 10.4. The Kier molecular flexibility index (Phi) is 3.63. The highest BCUT2D eigenvalue weighted by molar-refractivity contribution is 9.10. The van der Waals surface area contributed by atoms with Crippen LogP contribution in [-0.2, 0) is 0 Å². The number of nitrogens with zero attached hydrogens (tertiary/aromatic N) is 1. The molecule has 1 heterocycles. The van der Waals surface area contributed by atoms with Crippen LogP contribution < -0.4 is 11.1 Å². The molecular formula is C15H11Br2N3. The third-order valence-corrected chi connectivity index (χ3v) is 3.94. The number of halogens is 2. The second-order valence-electron chi connectivity index (χ2n) is 4.39. The summed E-state index contributed by atoms with van der Waals surface area (Å²) in [6.07, 6.45) is 1.68. The number of pyridine rings is 1. The topological polar surface area (TPSA) is 50.9 Å². The molecular weight excluding hydrogens is 382 g/mol. The van der Waals surface area contributed by atoms with Crippen LogP contribution >= 0.6 is 31.9 Å². The highest BCUT2D eigenvalue weighted by Crippen LogP contribution is 2.32. The quantitative estimate of drug-likeness (QED) is 0.638. The molecule has 0 saturated heterocycles. The molecule has 0 spiro atoms. The molecule has 3 nitrogen and oxygen atoms in total. The summed E-state index contributed by atoms with van der Waals surface area (Å²) in [5.41, 5.74) is 9.43. The molecule has 0 atom stereocenters. The van der Waals surface area contributed by atoms with E-state index in [1.165, 1.54) is 0 Å². The van der Waals surface area contributed by atoms with Gasteiger partial charge in [0, 0.05) is 20.0 Å². The van der Waals surface area contributed by atoms with Crippen molar-refractivity contribution in [3.63, 3.8) is 0 Å². The number of hydrogen-bond acceptors (Lipinski definition) is 3. The first-order chi connectivity index (χ1) is 9.63. The van der Waals surface area contributed by atoms with Crippen molar-refractivity contribution in [2.45, 2.75) is 0 Å². The molecule has 3 N–H and O–H groups in total. The van der Waals surface area contributed by atoms with Gasteiger partial charge in [0.05, 0.1) is 23.1 Å². The SMILES string of the molecule is Nc1cnc2ccc(Br)cc2c1Nc1cccc(Br)c1. The number of nitrogens with one attached hydrogen (secondary N) is 1. The number of nitrogens with two attached hydrogens (primary N) is 1. The van der Waals surface area contributed by atoms with Gasteiger partial charge in [-0.25, -0.2) is 0 Å². The van der Waals surface area contributed by atoms with E-state index >= 15 is 0 Å². The van der Waals surface area contributed by atoms with Crippen molar-refractivity contribution < 1.29 is 0 Å². The zero-order chi connectivity index (χ0) is 14.1. The molecule has 0 aliphatic carbocycles. The lowest BCUT2D eigenvalue weighted by molar-refractivity contribution is 1.40. The molecule has 0 radical (unpaired) electrons. The van der Waals surface area contributed by atoms with Crippen LogP contribution in [0.2, 0.25) is 0 Å². The minimum atomic E-state index is 0.621. The molecule has 0 amide bonds. The van der Waals surface area contributed by atoms with Crippen molar-refractivity contribution in [3.8, 4) is 0 Å². The Bertz CT molecular complexity index is 782. The average Bonchev–Trinajstić information content (AvgIpc) is 2.42. The molecule has 0 unspecified atom stereocenters. The van der Waals surface area contributed by atoms with Crippen LogP contribution in [0, 0.1) is 0 Å². The predicted molar refractivity (Wildman–Crippen MR) is 91.3 cm³/mol. The fraction of sp³-hybridized carbons (Fsp3) is 0. The van der Waals surface area contributed by atoms with Crippen molar-refractivity contribution in [2.75, 3.05) is 11.1 Å². The Hall–Kier alpha value is -1.59. The molecule has 0 saturated carbocycles. The maximum Gasteiger partial charge on any atom is 0.0746 e. The third-order valence-electron chi connectivity index (χ3n) is 2.95. The first-order valence-corrected chi connectivity index (χ1v) is 7.58. The van der Waals surface area contributed by atoms with E-state index in [4.69, 9.17) is 5.73 Å². The largest absolute Gasteiger partial charge is 0.396 e. The molecule has 20 heavy (non-hydrogen) atoms. The molecule has 0 aliphatic rings. The molecule has 100 valence electrons. The highest BCUT2D eigenvalue weighted by atomic mass is 79.9. The van der Waals surface area contributed by atoms with E-state index < -0.39 is 0 Å². The van der Waals surface area contributed by atoms with Gasteiger partial charge >= 0.3 is 0 Å². The van der Waals surface area contributed by atoms with Crippen LogP contribution in [0.5, 0.6) is 0 Å². The molecule has 0 fully saturated rings. The minimum Gasteiger partial charge on any atom is -0.396 e. The first kappa shape index (κ1) is 13.4. The highest BCUT2D eigenvalue weighted by Gasteiger charge is 2.08. The summed E-state index contributed by atoms with van der Waals surface area (Å²) in [5.74, 6) is 0. The fourth-order valence-corrected chi connectivity index (χ4v) is 2.79. The summed E-state index contributed by atoms with van der Waals surface area (Å²) in [5, 5.41) is 4.35. The zero-order valence-corrected chi connectivity index (χ0v) is 13.6. The second kappa shape index (κ2) is 5.42. The maximum absolute atomic E-state index is 6.07. The first-order valence-electron chi connectivity index (χ1n) is 6.00. The van der Waals surface area contributed by atoms with E-state index in [1.54, 1.807) is 6.20 Å². The van der Waals surface area contributed by atoms with Gasteiger partial charge in [0.2, 0.25) is 0 Å². The summed E-state index contributed by atoms with van der Waals surface area (Å²) < 4.78 is 2.01. The summed E-state index contributed by atoms with van der Waals surface area (Å²) in [6, 6.07) is 13.9. The van der Waals surface area contributed by atoms with Crippen LogP contribution in [-0.4, -0.2) is 4.98 Å². The van der Waals surface area contributed by atoms with Crippen LogP contribution in [0.1, 0.15) is 0 Å². The summed E-state index contributed by atoms with van der Waals surface area (Å²) in [7, 11) is 0. The van der Waals surface area contributed by atoms with Gasteiger partial charge < -0.3 is 11.1 Å². The van der Waals surface area contributed by atoms with Crippen LogP contribution in [0.4, 0.5) is 17.1 Å². The molecule has 3 rings (SSSR count). The van der Waals surface area contributed by atoms with Crippen molar-refractivity contribution in [1.29, 1.82) is 0 Å².